The molecular weight excluding hydrogens is 438 g/mol. The van der Waals surface area contributed by atoms with E-state index >= 15 is 0 Å². The fourth-order valence-electron chi connectivity index (χ4n) is 3.66. The van der Waals surface area contributed by atoms with E-state index in [1.807, 2.05) is 84.6 Å². The van der Waals surface area contributed by atoms with Crippen molar-refractivity contribution in [3.63, 3.8) is 0 Å². The Labute approximate surface area is 208 Å². The Bertz CT molecular complexity index is 1110. The molecule has 0 spiro atoms. The van der Waals surface area contributed by atoms with Gasteiger partial charge in [-0.2, -0.15) is 0 Å². The first-order valence-corrected chi connectivity index (χ1v) is 12.3. The number of carbonyl (C=O) groups is 2. The van der Waals surface area contributed by atoms with Crippen molar-refractivity contribution in [3.8, 4) is 5.75 Å². The van der Waals surface area contributed by atoms with Gasteiger partial charge in [0.15, 0.2) is 18.2 Å². The fraction of sp³-hybridized carbons (Fsp3) is 0.300. The Morgan fingerprint density at radius 1 is 0.771 bits per heavy atom. The fourth-order valence-corrected chi connectivity index (χ4v) is 3.66. The van der Waals surface area contributed by atoms with Gasteiger partial charge in [0.25, 0.3) is 0 Å². The normalized spacial score (nSPS) is 10.9. The molecule has 0 radical (unpaired) electrons. The summed E-state index contributed by atoms with van der Waals surface area (Å²) in [6.45, 7) is 1.10. The standard InChI is InChI=1S/C30H34NO4/c1-31-21-13-17-27(24-31)30(33)35-23-12-5-3-2-4-11-22-34-29-18-10-9-16-26(29)19-20-28(32)25-14-7-6-8-15-25/h6-10,13-21,24H,2-5,11-12,22-23H2,1H3/q+1. The number of pyridine rings is 1. The van der Waals surface area contributed by atoms with Crippen LogP contribution in [0, 0.1) is 0 Å². The lowest BCUT2D eigenvalue weighted by Crippen LogP contribution is -2.28. The highest BCUT2D eigenvalue weighted by molar-refractivity contribution is 6.06. The number of esters is 1. The third kappa shape index (κ3) is 9.20. The molecule has 3 aromatic rings. The SMILES string of the molecule is C[n+]1cccc(C(=O)OCCCCCCCCOc2ccccc2C=CC(=O)c2ccccc2)c1. The number of unbranched alkanes of at least 4 members (excludes halogenated alkanes) is 5. The number of rotatable bonds is 14. The highest BCUT2D eigenvalue weighted by atomic mass is 16.5. The van der Waals surface area contributed by atoms with Gasteiger partial charge in [-0.25, -0.2) is 9.36 Å². The summed E-state index contributed by atoms with van der Waals surface area (Å²) < 4.78 is 13.2. The van der Waals surface area contributed by atoms with Gasteiger partial charge in [-0.15, -0.1) is 0 Å². The van der Waals surface area contributed by atoms with Crippen molar-refractivity contribution in [2.75, 3.05) is 13.2 Å². The maximum Gasteiger partial charge on any atom is 0.344 e. The van der Waals surface area contributed by atoms with Gasteiger partial charge in [-0.05, 0) is 37.1 Å². The van der Waals surface area contributed by atoms with Crippen LogP contribution in [0.3, 0.4) is 0 Å². The minimum absolute atomic E-state index is 0.0238. The zero-order valence-electron chi connectivity index (χ0n) is 20.4. The average molecular weight is 473 g/mol. The molecule has 1 heterocycles. The molecule has 0 aliphatic rings. The van der Waals surface area contributed by atoms with Crippen molar-refractivity contribution in [2.24, 2.45) is 7.05 Å². The molecule has 0 saturated carbocycles. The first-order chi connectivity index (χ1) is 17.1. The van der Waals surface area contributed by atoms with Gasteiger partial charge >= 0.3 is 5.97 Å². The van der Waals surface area contributed by atoms with E-state index in [2.05, 4.69) is 0 Å². The molecule has 0 amide bonds. The first kappa shape index (κ1) is 25.9. The van der Waals surface area contributed by atoms with Crippen LogP contribution < -0.4 is 9.30 Å². The molecule has 0 N–H and O–H groups in total. The van der Waals surface area contributed by atoms with Crippen LogP contribution in [0.25, 0.3) is 6.08 Å². The van der Waals surface area contributed by atoms with Gasteiger partial charge < -0.3 is 9.47 Å². The van der Waals surface area contributed by atoms with Crippen LogP contribution in [-0.4, -0.2) is 25.0 Å². The van der Waals surface area contributed by atoms with Crippen LogP contribution >= 0.6 is 0 Å². The number of ether oxygens (including phenoxy) is 2. The highest BCUT2D eigenvalue weighted by Gasteiger charge is 2.10. The Morgan fingerprint density at radius 3 is 2.20 bits per heavy atom. The van der Waals surface area contributed by atoms with E-state index in [4.69, 9.17) is 9.47 Å². The zero-order chi connectivity index (χ0) is 24.7. The lowest BCUT2D eigenvalue weighted by atomic mass is 10.1. The quantitative estimate of drug-likeness (QED) is 0.0952. The molecule has 1 aromatic heterocycles. The minimum atomic E-state index is -0.266. The number of hydrogen-bond donors (Lipinski definition) is 0. The maximum atomic E-state index is 12.3. The molecule has 5 heteroatoms. The second-order valence-electron chi connectivity index (χ2n) is 8.47. The molecule has 3 rings (SSSR count). The van der Waals surface area contributed by atoms with Crippen LogP contribution in [0.15, 0.2) is 85.2 Å². The molecule has 35 heavy (non-hydrogen) atoms. The second kappa shape index (κ2) is 14.5. The second-order valence-corrected chi connectivity index (χ2v) is 8.47. The number of nitrogens with zero attached hydrogens (tertiary/aromatic N) is 1. The number of hydrogen-bond acceptors (Lipinski definition) is 4. The lowest BCUT2D eigenvalue weighted by molar-refractivity contribution is -0.671. The van der Waals surface area contributed by atoms with E-state index < -0.39 is 0 Å². The summed E-state index contributed by atoms with van der Waals surface area (Å²) in [5, 5.41) is 0. The molecule has 0 unspecified atom stereocenters. The average Bonchev–Trinajstić information content (AvgIpc) is 2.89. The van der Waals surface area contributed by atoms with Crippen LogP contribution in [-0.2, 0) is 11.8 Å². The van der Waals surface area contributed by atoms with E-state index in [-0.39, 0.29) is 11.8 Å². The summed E-state index contributed by atoms with van der Waals surface area (Å²) in [6, 6.07) is 20.6. The van der Waals surface area contributed by atoms with Gasteiger partial charge in [0, 0.05) is 17.2 Å². The van der Waals surface area contributed by atoms with Crippen LogP contribution in [0.2, 0.25) is 0 Å². The number of ketones is 1. The Hall–Kier alpha value is -3.73. The number of carbonyl (C=O) groups excluding carboxylic acids is 2. The summed E-state index contributed by atoms with van der Waals surface area (Å²) in [4.78, 5) is 24.3. The Balaban J connectivity index is 1.27. The smallest absolute Gasteiger partial charge is 0.344 e. The predicted molar refractivity (Wildman–Crippen MR) is 137 cm³/mol. The van der Waals surface area contributed by atoms with E-state index in [1.165, 1.54) is 0 Å². The maximum absolute atomic E-state index is 12.3. The van der Waals surface area contributed by atoms with Crippen molar-refractivity contribution < 1.29 is 23.6 Å². The Morgan fingerprint density at radius 2 is 1.43 bits per heavy atom. The number of aryl methyl sites for hydroxylation is 1. The number of allylic oxidation sites excluding steroid dienone is 1. The summed E-state index contributed by atoms with van der Waals surface area (Å²) in [5.74, 6) is 0.501. The third-order valence-corrected chi connectivity index (χ3v) is 5.60. The largest absolute Gasteiger partial charge is 0.493 e. The predicted octanol–water partition coefficient (Wildman–Crippen LogP) is 5.98. The number of aromatic nitrogens is 1. The third-order valence-electron chi connectivity index (χ3n) is 5.60. The van der Waals surface area contributed by atoms with Crippen LogP contribution in [0.4, 0.5) is 0 Å². The van der Waals surface area contributed by atoms with Crippen molar-refractivity contribution in [1.82, 2.24) is 0 Å². The van der Waals surface area contributed by atoms with Gasteiger partial charge in [0.05, 0.1) is 13.2 Å². The Kier molecular flexibility index (Phi) is 10.7. The van der Waals surface area contributed by atoms with Crippen molar-refractivity contribution in [1.29, 1.82) is 0 Å². The van der Waals surface area contributed by atoms with Crippen LogP contribution in [0.1, 0.15) is 64.8 Å². The summed E-state index contributed by atoms with van der Waals surface area (Å²) in [6.07, 6.45) is 13.3. The van der Waals surface area contributed by atoms with E-state index in [0.717, 1.165) is 49.8 Å². The molecule has 2 aromatic carbocycles. The van der Waals surface area contributed by atoms with Gasteiger partial charge in [0.1, 0.15) is 18.4 Å². The molecule has 0 saturated heterocycles. The topological polar surface area (TPSA) is 56.5 Å². The van der Waals surface area contributed by atoms with Gasteiger partial charge in [-0.1, -0.05) is 74.2 Å². The summed E-state index contributed by atoms with van der Waals surface area (Å²) in [7, 11) is 1.88. The van der Waals surface area contributed by atoms with Crippen molar-refractivity contribution >= 4 is 17.8 Å². The molecule has 0 bridgehead atoms. The molecule has 182 valence electrons. The van der Waals surface area contributed by atoms with E-state index in [9.17, 15) is 9.59 Å². The van der Waals surface area contributed by atoms with E-state index in [1.54, 1.807) is 18.3 Å². The molecular formula is C30H34NO4+. The lowest BCUT2D eigenvalue weighted by Gasteiger charge is -2.09. The molecule has 0 aliphatic carbocycles. The molecule has 5 nitrogen and oxygen atoms in total. The minimum Gasteiger partial charge on any atom is -0.493 e. The van der Waals surface area contributed by atoms with Crippen molar-refractivity contribution in [2.45, 2.75) is 38.5 Å². The molecule has 0 fully saturated rings. The summed E-state index contributed by atoms with van der Waals surface area (Å²) in [5.41, 5.74) is 2.15. The summed E-state index contributed by atoms with van der Waals surface area (Å²) >= 11 is 0. The first-order valence-electron chi connectivity index (χ1n) is 12.3. The monoisotopic (exact) mass is 472 g/mol. The molecule has 0 atom stereocenters. The molecule has 0 aliphatic heterocycles. The van der Waals surface area contributed by atoms with E-state index in [0.29, 0.717) is 24.3 Å². The zero-order valence-corrected chi connectivity index (χ0v) is 20.4. The number of para-hydroxylation sites is 1. The highest BCUT2D eigenvalue weighted by Crippen LogP contribution is 2.20. The van der Waals surface area contributed by atoms with Crippen LogP contribution in [0.5, 0.6) is 5.75 Å². The number of benzene rings is 2. The van der Waals surface area contributed by atoms with Gasteiger partial charge in [-0.3, -0.25) is 4.79 Å². The van der Waals surface area contributed by atoms with Gasteiger partial charge in [0.2, 0.25) is 0 Å². The van der Waals surface area contributed by atoms with Crippen molar-refractivity contribution in [3.05, 3.63) is 102 Å².